The summed E-state index contributed by atoms with van der Waals surface area (Å²) in [5.41, 5.74) is 2.62. The van der Waals surface area contributed by atoms with Crippen molar-refractivity contribution in [1.82, 2.24) is 15.4 Å². The van der Waals surface area contributed by atoms with Crippen LogP contribution in [0.5, 0.6) is 0 Å². The Morgan fingerprint density at radius 2 is 2.73 bits per heavy atom. The molecule has 1 heterocycles. The molecule has 0 unspecified atom stereocenters. The van der Waals surface area contributed by atoms with Crippen molar-refractivity contribution in [3.05, 3.63) is 18.2 Å². The fourth-order valence-electron chi connectivity index (χ4n) is 0.532. The minimum Gasteiger partial charge on any atom is -0.344 e. The lowest BCUT2D eigenvalue weighted by Gasteiger charge is -1.90. The van der Waals surface area contributed by atoms with Crippen LogP contribution in [0.3, 0.4) is 0 Å². The summed E-state index contributed by atoms with van der Waals surface area (Å²) < 4.78 is 0. The maximum atomic E-state index is 4.73. The van der Waals surface area contributed by atoms with Crippen LogP contribution in [0.1, 0.15) is 12.7 Å². The lowest BCUT2D eigenvalue weighted by Crippen LogP contribution is -2.10. The van der Waals surface area contributed by atoms with Gasteiger partial charge in [-0.3, -0.25) is 5.43 Å². The number of hydrogen-bond donors (Lipinski definition) is 2. The highest BCUT2D eigenvalue weighted by Crippen LogP contribution is 1.80. The first kappa shape index (κ1) is 7.87. The van der Waals surface area contributed by atoms with Crippen LogP contribution in [0.4, 0.5) is 0 Å². The van der Waals surface area contributed by atoms with E-state index in [0.29, 0.717) is 10.8 Å². The van der Waals surface area contributed by atoms with Gasteiger partial charge < -0.3 is 4.98 Å². The fraction of sp³-hybridized carbons (Fsp3) is 0.167. The average molecular weight is 168 g/mol. The third kappa shape index (κ3) is 2.90. The van der Waals surface area contributed by atoms with E-state index < -0.39 is 0 Å². The van der Waals surface area contributed by atoms with Gasteiger partial charge in [-0.25, -0.2) is 4.98 Å². The van der Waals surface area contributed by atoms with Gasteiger partial charge in [-0.2, -0.15) is 5.10 Å². The molecule has 0 saturated heterocycles. The maximum absolute atomic E-state index is 4.73. The van der Waals surface area contributed by atoms with Gasteiger partial charge in [-0.05, 0) is 6.92 Å². The third-order valence-corrected chi connectivity index (χ3v) is 1.02. The molecule has 0 radical (unpaired) electrons. The van der Waals surface area contributed by atoms with Gasteiger partial charge in [0, 0.05) is 12.4 Å². The van der Waals surface area contributed by atoms with Crippen LogP contribution in [0, 0.1) is 0 Å². The van der Waals surface area contributed by atoms with E-state index in [2.05, 4.69) is 20.5 Å². The van der Waals surface area contributed by atoms with Gasteiger partial charge in [-0.1, -0.05) is 12.2 Å². The predicted octanol–water partition coefficient (Wildman–Crippen LogP) is 0.680. The monoisotopic (exact) mass is 168 g/mol. The molecular weight excluding hydrogens is 160 g/mol. The molecule has 2 N–H and O–H groups in total. The Morgan fingerprint density at radius 3 is 3.27 bits per heavy atom. The van der Waals surface area contributed by atoms with E-state index >= 15 is 0 Å². The lowest BCUT2D eigenvalue weighted by atomic mass is 10.7. The number of aromatic nitrogens is 2. The molecule has 0 fully saturated rings. The summed E-state index contributed by atoms with van der Waals surface area (Å²) >= 11 is 4.73. The number of hydrazone groups is 1. The highest BCUT2D eigenvalue weighted by molar-refractivity contribution is 7.80. The standard InChI is InChI=1S/C6H8N4S/c1-5(11)10-9-4-6-7-2-3-8-6/h2-4H,1H3,(H,7,8)(H,10,11)/b9-4+. The van der Waals surface area contributed by atoms with Crippen molar-refractivity contribution in [2.45, 2.75) is 6.92 Å². The number of nitrogens with zero attached hydrogens (tertiary/aromatic N) is 2. The second-order valence-electron chi connectivity index (χ2n) is 1.90. The topological polar surface area (TPSA) is 53.1 Å². The Bertz CT molecular complexity index is 252. The minimum absolute atomic E-state index is 0.632. The molecule has 1 aromatic rings. The summed E-state index contributed by atoms with van der Waals surface area (Å²) in [6, 6.07) is 0. The number of nitrogens with one attached hydrogen (secondary N) is 2. The number of aromatic amines is 1. The van der Waals surface area contributed by atoms with Crippen LogP contribution < -0.4 is 5.43 Å². The number of hydrogen-bond acceptors (Lipinski definition) is 3. The summed E-state index contributed by atoms with van der Waals surface area (Å²) in [7, 11) is 0. The van der Waals surface area contributed by atoms with Gasteiger partial charge in [0.1, 0.15) is 5.82 Å². The first-order valence-corrected chi connectivity index (χ1v) is 3.49. The van der Waals surface area contributed by atoms with E-state index in [4.69, 9.17) is 12.2 Å². The van der Waals surface area contributed by atoms with Gasteiger partial charge >= 0.3 is 0 Å². The molecule has 0 aliphatic rings. The first-order valence-electron chi connectivity index (χ1n) is 3.08. The molecule has 0 bridgehead atoms. The fourth-order valence-corrected chi connectivity index (χ4v) is 0.585. The normalized spacial score (nSPS) is 10.3. The van der Waals surface area contributed by atoms with Crippen molar-refractivity contribution in [3.63, 3.8) is 0 Å². The lowest BCUT2D eigenvalue weighted by molar-refractivity contribution is 1.04. The Hall–Kier alpha value is -1.23. The van der Waals surface area contributed by atoms with Crippen molar-refractivity contribution in [2.24, 2.45) is 5.10 Å². The molecule has 1 rings (SSSR count). The van der Waals surface area contributed by atoms with Crippen molar-refractivity contribution in [3.8, 4) is 0 Å². The molecule has 0 spiro atoms. The number of thiocarbonyl (C=S) groups is 1. The van der Waals surface area contributed by atoms with E-state index in [1.807, 2.05) is 0 Å². The van der Waals surface area contributed by atoms with Crippen LogP contribution in [-0.2, 0) is 0 Å². The number of H-pyrrole nitrogens is 1. The second kappa shape index (κ2) is 3.82. The van der Waals surface area contributed by atoms with E-state index in [-0.39, 0.29) is 0 Å². The Kier molecular flexibility index (Phi) is 2.74. The molecule has 58 valence electrons. The van der Waals surface area contributed by atoms with E-state index in [0.717, 1.165) is 0 Å². The molecule has 0 aromatic carbocycles. The molecule has 0 saturated carbocycles. The van der Waals surface area contributed by atoms with Crippen LogP contribution in [0.2, 0.25) is 0 Å². The van der Waals surface area contributed by atoms with E-state index in [1.54, 1.807) is 25.5 Å². The number of imidazole rings is 1. The van der Waals surface area contributed by atoms with E-state index in [1.165, 1.54) is 0 Å². The molecule has 1 aromatic heterocycles. The molecule has 0 atom stereocenters. The molecule has 0 aliphatic heterocycles. The molecule has 0 amide bonds. The SMILES string of the molecule is CC(=S)N/N=C/c1ncc[nH]1. The van der Waals surface area contributed by atoms with Gasteiger partial charge in [0.2, 0.25) is 0 Å². The summed E-state index contributed by atoms with van der Waals surface area (Å²) in [5.74, 6) is 0.703. The van der Waals surface area contributed by atoms with Crippen molar-refractivity contribution < 1.29 is 0 Å². The highest BCUT2D eigenvalue weighted by atomic mass is 32.1. The third-order valence-electron chi connectivity index (χ3n) is 0.928. The van der Waals surface area contributed by atoms with Gasteiger partial charge in [0.25, 0.3) is 0 Å². The van der Waals surface area contributed by atoms with Gasteiger partial charge in [-0.15, -0.1) is 0 Å². The molecule has 4 nitrogen and oxygen atoms in total. The zero-order valence-corrected chi connectivity index (χ0v) is 6.85. The largest absolute Gasteiger partial charge is 0.344 e. The minimum atomic E-state index is 0.632. The quantitative estimate of drug-likeness (QED) is 0.388. The highest BCUT2D eigenvalue weighted by Gasteiger charge is 1.85. The summed E-state index contributed by atoms with van der Waals surface area (Å²) in [6.07, 6.45) is 4.95. The van der Waals surface area contributed by atoms with E-state index in [9.17, 15) is 0 Å². The average Bonchev–Trinajstić information content (AvgIpc) is 2.39. The second-order valence-corrected chi connectivity index (χ2v) is 2.51. The van der Waals surface area contributed by atoms with Crippen LogP contribution >= 0.6 is 12.2 Å². The molecule has 0 aliphatic carbocycles. The summed E-state index contributed by atoms with van der Waals surface area (Å²) in [6.45, 7) is 1.76. The smallest absolute Gasteiger partial charge is 0.150 e. The zero-order valence-electron chi connectivity index (χ0n) is 6.03. The van der Waals surface area contributed by atoms with Gasteiger partial charge in [0.15, 0.2) is 0 Å². The van der Waals surface area contributed by atoms with Crippen molar-refractivity contribution in [2.75, 3.05) is 0 Å². The Morgan fingerprint density at radius 1 is 1.91 bits per heavy atom. The Labute approximate surface area is 69.7 Å². The summed E-state index contributed by atoms with van der Waals surface area (Å²) in [4.78, 5) is 7.42. The zero-order chi connectivity index (χ0) is 8.10. The predicted molar refractivity (Wildman–Crippen MR) is 47.6 cm³/mol. The van der Waals surface area contributed by atoms with Crippen molar-refractivity contribution >= 4 is 23.4 Å². The van der Waals surface area contributed by atoms with Crippen LogP contribution in [0.25, 0.3) is 0 Å². The maximum Gasteiger partial charge on any atom is 0.150 e. The molecular formula is C6H8N4S. The van der Waals surface area contributed by atoms with Crippen LogP contribution in [0.15, 0.2) is 17.5 Å². The molecule has 11 heavy (non-hydrogen) atoms. The van der Waals surface area contributed by atoms with Gasteiger partial charge in [0.05, 0.1) is 11.2 Å². The van der Waals surface area contributed by atoms with Crippen LogP contribution in [-0.4, -0.2) is 21.2 Å². The Balaban J connectivity index is 2.43. The number of rotatable bonds is 2. The summed E-state index contributed by atoms with van der Waals surface area (Å²) in [5, 5.41) is 3.80. The first-order chi connectivity index (χ1) is 5.29. The van der Waals surface area contributed by atoms with Crippen molar-refractivity contribution in [1.29, 1.82) is 0 Å². The molecule has 5 heteroatoms.